The lowest BCUT2D eigenvalue weighted by Gasteiger charge is -2.31. The normalized spacial score (nSPS) is 13.1. The molecule has 0 saturated heterocycles. The number of benzene rings is 11. The molecule has 3 aliphatic rings. The minimum atomic E-state index is -0.468. The standard InChI is InChI=1S/C65H41NO2/c1-2-15-42(16-3-1)43-31-35-47(36-32-43)66(48-37-33-45(34-38-48)51-25-13-18-44-17-4-5-21-50(44)51)49-20-12-19-46(41-49)52-26-14-30-60-63(52)67-61-40-39-59-62(64(61)68-60)55-24-8-11-29-58(55)65(59)56-27-9-6-22-53(56)54-23-7-10-28-57(54)65/h1-41H. The van der Waals surface area contributed by atoms with Crippen LogP contribution in [0.15, 0.2) is 249 Å². The first-order chi connectivity index (χ1) is 33.7. The number of nitrogens with zero attached hydrogens (tertiary/aromatic N) is 1. The minimum absolute atomic E-state index is 0.468. The van der Waals surface area contributed by atoms with Crippen molar-refractivity contribution in [2.24, 2.45) is 0 Å². The second-order valence-electron chi connectivity index (χ2n) is 17.9. The van der Waals surface area contributed by atoms with Gasteiger partial charge in [-0.2, -0.15) is 0 Å². The van der Waals surface area contributed by atoms with Crippen LogP contribution in [-0.4, -0.2) is 0 Å². The molecule has 0 atom stereocenters. The molecule has 3 nitrogen and oxygen atoms in total. The van der Waals surface area contributed by atoms with E-state index in [9.17, 15) is 0 Å². The fourth-order valence-electron chi connectivity index (χ4n) is 11.4. The lowest BCUT2D eigenvalue weighted by Crippen LogP contribution is -2.25. The second kappa shape index (κ2) is 15.1. The molecule has 11 aromatic carbocycles. The van der Waals surface area contributed by atoms with Crippen molar-refractivity contribution >= 4 is 27.8 Å². The average molecular weight is 868 g/mol. The van der Waals surface area contributed by atoms with Crippen molar-refractivity contribution in [3.63, 3.8) is 0 Å². The molecule has 11 aromatic rings. The monoisotopic (exact) mass is 867 g/mol. The van der Waals surface area contributed by atoms with E-state index < -0.39 is 5.41 Å². The molecule has 1 heterocycles. The van der Waals surface area contributed by atoms with E-state index in [4.69, 9.17) is 9.47 Å². The molecule has 318 valence electrons. The lowest BCUT2D eigenvalue weighted by molar-refractivity contribution is 0.361. The van der Waals surface area contributed by atoms with Gasteiger partial charge in [-0.3, -0.25) is 0 Å². The van der Waals surface area contributed by atoms with Gasteiger partial charge < -0.3 is 14.4 Å². The van der Waals surface area contributed by atoms with Gasteiger partial charge in [0.1, 0.15) is 0 Å². The van der Waals surface area contributed by atoms with Crippen LogP contribution in [-0.2, 0) is 5.41 Å². The van der Waals surface area contributed by atoms with Gasteiger partial charge in [0, 0.05) is 28.2 Å². The van der Waals surface area contributed by atoms with Crippen molar-refractivity contribution < 1.29 is 9.47 Å². The van der Waals surface area contributed by atoms with E-state index in [1.54, 1.807) is 0 Å². The van der Waals surface area contributed by atoms with Crippen LogP contribution < -0.4 is 14.4 Å². The van der Waals surface area contributed by atoms with E-state index in [0.29, 0.717) is 17.2 Å². The van der Waals surface area contributed by atoms with E-state index in [-0.39, 0.29) is 0 Å². The summed E-state index contributed by atoms with van der Waals surface area (Å²) in [4.78, 5) is 2.34. The average Bonchev–Trinajstić information content (AvgIpc) is 3.89. The maximum atomic E-state index is 7.12. The summed E-state index contributed by atoms with van der Waals surface area (Å²) < 4.78 is 14.2. The number of fused-ring (bicyclic) bond motifs is 14. The zero-order valence-corrected chi connectivity index (χ0v) is 36.9. The van der Waals surface area contributed by atoms with Gasteiger partial charge in [-0.1, -0.05) is 200 Å². The molecule has 14 rings (SSSR count). The molecule has 1 spiro atoms. The Morgan fingerprint density at radius 3 is 1.56 bits per heavy atom. The van der Waals surface area contributed by atoms with Crippen LogP contribution in [0.3, 0.4) is 0 Å². The van der Waals surface area contributed by atoms with Crippen LogP contribution in [0, 0.1) is 0 Å². The van der Waals surface area contributed by atoms with Crippen molar-refractivity contribution in [1.29, 1.82) is 0 Å². The first kappa shape index (κ1) is 38.4. The van der Waals surface area contributed by atoms with Crippen molar-refractivity contribution in [1.82, 2.24) is 0 Å². The topological polar surface area (TPSA) is 21.7 Å². The summed E-state index contributed by atoms with van der Waals surface area (Å²) in [7, 11) is 0. The molecule has 68 heavy (non-hydrogen) atoms. The summed E-state index contributed by atoms with van der Waals surface area (Å²) in [5.74, 6) is 2.85. The molecule has 2 aliphatic carbocycles. The van der Waals surface area contributed by atoms with Gasteiger partial charge in [0.25, 0.3) is 0 Å². The smallest absolute Gasteiger partial charge is 0.178 e. The molecule has 1 aliphatic heterocycles. The Bertz CT molecular complexity index is 3750. The molecule has 0 aromatic heterocycles. The molecule has 0 N–H and O–H groups in total. The first-order valence-corrected chi connectivity index (χ1v) is 23.3. The SMILES string of the molecule is c1ccc(-c2ccc(N(c3ccc(-c4cccc5ccccc45)cc3)c3cccc(-c4cccc5c4Oc4ccc6c(c4O5)-c4ccccc4C64c5ccccc5-c5ccccc54)c3)cc2)cc1. The molecule has 0 bridgehead atoms. The highest BCUT2D eigenvalue weighted by molar-refractivity contribution is 5.99. The molecule has 0 fully saturated rings. The Morgan fingerprint density at radius 2 is 0.809 bits per heavy atom. The number of para-hydroxylation sites is 1. The molecular weight excluding hydrogens is 827 g/mol. The number of hydrogen-bond acceptors (Lipinski definition) is 3. The van der Waals surface area contributed by atoms with Crippen molar-refractivity contribution in [3.8, 4) is 78.6 Å². The summed E-state index contributed by atoms with van der Waals surface area (Å²) in [6, 6.07) is 89.4. The summed E-state index contributed by atoms with van der Waals surface area (Å²) in [5.41, 5.74) is 19.3. The molecule has 0 saturated carbocycles. The Hall–Kier alpha value is -8.92. The van der Waals surface area contributed by atoms with Crippen molar-refractivity contribution in [2.75, 3.05) is 4.90 Å². The first-order valence-electron chi connectivity index (χ1n) is 23.3. The van der Waals surface area contributed by atoms with Crippen LogP contribution in [0.4, 0.5) is 17.1 Å². The number of rotatable bonds is 6. The van der Waals surface area contributed by atoms with E-state index in [1.165, 1.54) is 72.0 Å². The van der Waals surface area contributed by atoms with E-state index in [0.717, 1.165) is 39.5 Å². The Balaban J connectivity index is 0.865. The van der Waals surface area contributed by atoms with Crippen LogP contribution in [0.5, 0.6) is 23.0 Å². The number of ether oxygens (including phenoxy) is 2. The van der Waals surface area contributed by atoms with Crippen LogP contribution in [0.1, 0.15) is 22.3 Å². The zero-order chi connectivity index (χ0) is 44.8. The van der Waals surface area contributed by atoms with E-state index >= 15 is 0 Å². The third-order valence-corrected chi connectivity index (χ3v) is 14.4. The third-order valence-electron chi connectivity index (χ3n) is 14.4. The Kier molecular flexibility index (Phi) is 8.50. The fraction of sp³-hybridized carbons (Fsp3) is 0.0154. The Morgan fingerprint density at radius 1 is 0.294 bits per heavy atom. The van der Waals surface area contributed by atoms with Gasteiger partial charge in [-0.05, 0) is 126 Å². The molecule has 0 amide bonds. The highest BCUT2D eigenvalue weighted by atomic mass is 16.6. The largest absolute Gasteiger partial charge is 0.449 e. The molecule has 3 heteroatoms. The highest BCUT2D eigenvalue weighted by Crippen LogP contribution is 2.66. The lowest BCUT2D eigenvalue weighted by atomic mass is 9.70. The predicted molar refractivity (Wildman–Crippen MR) is 278 cm³/mol. The van der Waals surface area contributed by atoms with Gasteiger partial charge in [-0.25, -0.2) is 0 Å². The van der Waals surface area contributed by atoms with Gasteiger partial charge in [0.2, 0.25) is 0 Å². The maximum Gasteiger partial charge on any atom is 0.178 e. The van der Waals surface area contributed by atoms with Gasteiger partial charge >= 0.3 is 0 Å². The highest BCUT2D eigenvalue weighted by Gasteiger charge is 2.53. The van der Waals surface area contributed by atoms with Crippen molar-refractivity contribution in [2.45, 2.75) is 5.41 Å². The minimum Gasteiger partial charge on any atom is -0.449 e. The number of hydrogen-bond donors (Lipinski definition) is 0. The fourth-order valence-corrected chi connectivity index (χ4v) is 11.4. The quantitative estimate of drug-likeness (QED) is 0.166. The molecular formula is C65H41NO2. The third kappa shape index (κ3) is 5.66. The molecule has 0 unspecified atom stereocenters. The Labute approximate surface area is 395 Å². The van der Waals surface area contributed by atoms with Gasteiger partial charge in [0.05, 0.1) is 5.41 Å². The van der Waals surface area contributed by atoms with Crippen molar-refractivity contribution in [3.05, 3.63) is 271 Å². The number of anilines is 3. The van der Waals surface area contributed by atoms with Gasteiger partial charge in [-0.15, -0.1) is 0 Å². The van der Waals surface area contributed by atoms with E-state index in [2.05, 4.69) is 248 Å². The summed E-state index contributed by atoms with van der Waals surface area (Å²) in [6.45, 7) is 0. The van der Waals surface area contributed by atoms with Crippen LogP contribution in [0.2, 0.25) is 0 Å². The maximum absolute atomic E-state index is 7.12. The van der Waals surface area contributed by atoms with E-state index in [1.807, 2.05) is 6.07 Å². The van der Waals surface area contributed by atoms with Gasteiger partial charge in [0.15, 0.2) is 23.0 Å². The summed E-state index contributed by atoms with van der Waals surface area (Å²) >= 11 is 0. The summed E-state index contributed by atoms with van der Waals surface area (Å²) in [5, 5.41) is 2.48. The summed E-state index contributed by atoms with van der Waals surface area (Å²) in [6.07, 6.45) is 0. The zero-order valence-electron chi connectivity index (χ0n) is 36.9. The van der Waals surface area contributed by atoms with Crippen LogP contribution >= 0.6 is 0 Å². The van der Waals surface area contributed by atoms with Crippen LogP contribution in [0.25, 0.3) is 66.4 Å². The predicted octanol–water partition coefficient (Wildman–Crippen LogP) is 17.6. The molecule has 0 radical (unpaired) electrons. The second-order valence-corrected chi connectivity index (χ2v) is 17.9.